The minimum Gasteiger partial charge on any atom is -0.321 e. The van der Waals surface area contributed by atoms with Crippen molar-refractivity contribution in [1.29, 1.82) is 0 Å². The first-order valence-corrected chi connectivity index (χ1v) is 5.24. The van der Waals surface area contributed by atoms with Crippen LogP contribution in [0.1, 0.15) is 12.5 Å². The van der Waals surface area contributed by atoms with Crippen LogP contribution in [0.2, 0.25) is 0 Å². The summed E-state index contributed by atoms with van der Waals surface area (Å²) < 4.78 is 10.8. The van der Waals surface area contributed by atoms with E-state index in [1.54, 1.807) is 19.1 Å². The van der Waals surface area contributed by atoms with Gasteiger partial charge in [0.2, 0.25) is 0 Å². The predicted molar refractivity (Wildman–Crippen MR) is 50.7 cm³/mol. The maximum atomic E-state index is 10.8. The van der Waals surface area contributed by atoms with Gasteiger partial charge in [-0.3, -0.25) is 4.57 Å². The summed E-state index contributed by atoms with van der Waals surface area (Å²) in [6, 6.07) is 5.96. The molecule has 1 rings (SSSR count). The van der Waals surface area contributed by atoms with Crippen molar-refractivity contribution < 1.29 is 14.4 Å². The second kappa shape index (κ2) is 3.76. The molecule has 2 N–H and O–H groups in total. The van der Waals surface area contributed by atoms with Crippen molar-refractivity contribution in [3.63, 3.8) is 0 Å². The fourth-order valence-electron chi connectivity index (χ4n) is 0.883. The first-order chi connectivity index (χ1) is 6.04. The van der Waals surface area contributed by atoms with E-state index in [-0.39, 0.29) is 5.30 Å². The lowest BCUT2D eigenvalue weighted by molar-refractivity contribution is 0.387. The Morgan fingerprint density at radius 1 is 1.23 bits per heavy atom. The maximum Gasteiger partial charge on any atom is 0.356 e. The fourth-order valence-corrected chi connectivity index (χ4v) is 1.42. The second-order valence-corrected chi connectivity index (χ2v) is 4.07. The Morgan fingerprint density at radius 3 is 2.15 bits per heavy atom. The first-order valence-electron chi connectivity index (χ1n) is 3.63. The lowest BCUT2D eigenvalue weighted by Gasteiger charge is -2.02. The topological polar surface area (TPSA) is 57.5 Å². The van der Waals surface area contributed by atoms with Crippen LogP contribution in [-0.4, -0.2) is 9.79 Å². The third-order valence-electron chi connectivity index (χ3n) is 1.47. The van der Waals surface area contributed by atoms with E-state index >= 15 is 0 Å². The Hall–Kier alpha value is -1.07. The van der Waals surface area contributed by atoms with Gasteiger partial charge in [0.15, 0.2) is 0 Å². The van der Waals surface area contributed by atoms with Crippen LogP contribution in [0.3, 0.4) is 0 Å². The zero-order valence-electron chi connectivity index (χ0n) is 7.06. The van der Waals surface area contributed by atoms with Gasteiger partial charge in [0.25, 0.3) is 0 Å². The van der Waals surface area contributed by atoms with Crippen LogP contribution in [0.15, 0.2) is 24.3 Å². The molecule has 0 heterocycles. The van der Waals surface area contributed by atoms with Crippen LogP contribution in [0.5, 0.6) is 0 Å². The summed E-state index contributed by atoms with van der Waals surface area (Å²) in [5.74, 6) is 5.48. The van der Waals surface area contributed by atoms with E-state index in [0.29, 0.717) is 0 Å². The molecular formula is C9H9O3P. The fraction of sp³-hybridized carbons (Fsp3) is 0.111. The normalized spacial score (nSPS) is 10.4. The summed E-state index contributed by atoms with van der Waals surface area (Å²) in [5.41, 5.74) is 0.750. The molecule has 1 aromatic rings. The minimum absolute atomic E-state index is 0.0224. The molecule has 0 aliphatic heterocycles. The molecular weight excluding hydrogens is 187 g/mol. The van der Waals surface area contributed by atoms with E-state index in [9.17, 15) is 4.57 Å². The minimum atomic E-state index is -4.11. The molecule has 0 saturated carbocycles. The summed E-state index contributed by atoms with van der Waals surface area (Å²) in [5, 5.41) is 0.0224. The summed E-state index contributed by atoms with van der Waals surface area (Å²) in [6.07, 6.45) is 0. The number of benzene rings is 1. The number of hydrogen-bond donors (Lipinski definition) is 2. The van der Waals surface area contributed by atoms with Crippen LogP contribution in [0.25, 0.3) is 0 Å². The van der Waals surface area contributed by atoms with Gasteiger partial charge in [-0.25, -0.2) is 0 Å². The molecule has 4 heteroatoms. The SMILES string of the molecule is CC#Cc1ccc(P(=O)(O)O)cc1. The van der Waals surface area contributed by atoms with Gasteiger partial charge in [-0.05, 0) is 31.2 Å². The van der Waals surface area contributed by atoms with E-state index in [4.69, 9.17) is 9.79 Å². The smallest absolute Gasteiger partial charge is 0.321 e. The van der Waals surface area contributed by atoms with Gasteiger partial charge in [0.05, 0.1) is 5.30 Å². The lowest BCUT2D eigenvalue weighted by Crippen LogP contribution is -2.02. The molecule has 13 heavy (non-hydrogen) atoms. The third kappa shape index (κ3) is 2.71. The van der Waals surface area contributed by atoms with Crippen LogP contribution >= 0.6 is 7.60 Å². The average Bonchev–Trinajstić information content (AvgIpc) is 2.04. The Morgan fingerprint density at radius 2 is 1.77 bits per heavy atom. The summed E-state index contributed by atoms with van der Waals surface area (Å²) in [4.78, 5) is 17.6. The third-order valence-corrected chi connectivity index (χ3v) is 2.44. The summed E-state index contributed by atoms with van der Waals surface area (Å²) in [6.45, 7) is 1.71. The maximum absolute atomic E-state index is 10.8. The highest BCUT2D eigenvalue weighted by atomic mass is 31.2. The number of rotatable bonds is 1. The molecule has 0 saturated heterocycles. The first kappa shape index (κ1) is 10.0. The zero-order valence-corrected chi connectivity index (χ0v) is 7.95. The quantitative estimate of drug-likeness (QED) is 0.517. The molecule has 68 valence electrons. The van der Waals surface area contributed by atoms with Crippen LogP contribution < -0.4 is 5.30 Å². The molecule has 0 fully saturated rings. The van der Waals surface area contributed by atoms with Gasteiger partial charge in [-0.1, -0.05) is 5.92 Å². The lowest BCUT2D eigenvalue weighted by atomic mass is 10.2. The van der Waals surface area contributed by atoms with Gasteiger partial charge >= 0.3 is 7.60 Å². The average molecular weight is 196 g/mol. The van der Waals surface area contributed by atoms with Gasteiger partial charge in [0, 0.05) is 5.56 Å². The zero-order chi connectivity index (χ0) is 9.90. The van der Waals surface area contributed by atoms with E-state index in [2.05, 4.69) is 11.8 Å². The molecule has 0 atom stereocenters. The molecule has 0 aromatic heterocycles. The summed E-state index contributed by atoms with van der Waals surface area (Å²) in [7, 11) is -4.11. The molecule has 0 aliphatic carbocycles. The van der Waals surface area contributed by atoms with Crippen LogP contribution in [-0.2, 0) is 4.57 Å². The van der Waals surface area contributed by atoms with Gasteiger partial charge < -0.3 is 9.79 Å². The predicted octanol–water partition coefficient (Wildman–Crippen LogP) is 0.861. The van der Waals surface area contributed by atoms with E-state index in [1.807, 2.05) is 0 Å². The molecule has 0 spiro atoms. The van der Waals surface area contributed by atoms with Crippen molar-refractivity contribution in [2.24, 2.45) is 0 Å². The highest BCUT2D eigenvalue weighted by Crippen LogP contribution is 2.32. The Bertz CT molecular complexity index is 391. The van der Waals surface area contributed by atoms with Crippen molar-refractivity contribution in [1.82, 2.24) is 0 Å². The van der Waals surface area contributed by atoms with E-state index in [1.165, 1.54) is 12.1 Å². The van der Waals surface area contributed by atoms with Gasteiger partial charge in [0.1, 0.15) is 0 Å². The molecule has 0 unspecified atom stereocenters. The van der Waals surface area contributed by atoms with Crippen molar-refractivity contribution in [3.8, 4) is 11.8 Å². The van der Waals surface area contributed by atoms with Crippen molar-refractivity contribution >= 4 is 12.9 Å². The Labute approximate surface area is 76.6 Å². The van der Waals surface area contributed by atoms with Crippen molar-refractivity contribution in [3.05, 3.63) is 29.8 Å². The van der Waals surface area contributed by atoms with E-state index in [0.717, 1.165) is 5.56 Å². The summed E-state index contributed by atoms with van der Waals surface area (Å²) >= 11 is 0. The number of hydrogen-bond acceptors (Lipinski definition) is 1. The molecule has 0 radical (unpaired) electrons. The largest absolute Gasteiger partial charge is 0.356 e. The molecule has 3 nitrogen and oxygen atoms in total. The van der Waals surface area contributed by atoms with Crippen molar-refractivity contribution in [2.45, 2.75) is 6.92 Å². The van der Waals surface area contributed by atoms with Crippen LogP contribution in [0.4, 0.5) is 0 Å². The van der Waals surface area contributed by atoms with Gasteiger partial charge in [-0.15, -0.1) is 5.92 Å². The Balaban J connectivity index is 3.05. The highest BCUT2D eigenvalue weighted by Gasteiger charge is 2.15. The molecule has 0 aliphatic rings. The molecule has 0 bridgehead atoms. The Kier molecular flexibility index (Phi) is 2.90. The molecule has 1 aromatic carbocycles. The monoisotopic (exact) mass is 196 g/mol. The van der Waals surface area contributed by atoms with E-state index < -0.39 is 7.60 Å². The highest BCUT2D eigenvalue weighted by molar-refractivity contribution is 7.60. The van der Waals surface area contributed by atoms with Crippen LogP contribution in [0, 0.1) is 11.8 Å². The second-order valence-electron chi connectivity index (χ2n) is 2.47. The standard InChI is InChI=1S/C9H9O3P/c1-2-3-8-4-6-9(7-5-8)13(10,11)12/h4-7H,1H3,(H2,10,11,12). The van der Waals surface area contributed by atoms with Crippen molar-refractivity contribution in [2.75, 3.05) is 0 Å². The molecule has 0 amide bonds. The van der Waals surface area contributed by atoms with Gasteiger partial charge in [-0.2, -0.15) is 0 Å².